The van der Waals surface area contributed by atoms with E-state index in [1.54, 1.807) is 20.8 Å². The molecule has 0 unspecified atom stereocenters. The number of allylic oxidation sites excluding steroid dienone is 1. The van der Waals surface area contributed by atoms with Crippen molar-refractivity contribution in [2.75, 3.05) is 11.5 Å². The van der Waals surface area contributed by atoms with Gasteiger partial charge in [0.25, 0.3) is 0 Å². The molecule has 2 rings (SSSR count). The minimum absolute atomic E-state index is 0.134. The van der Waals surface area contributed by atoms with E-state index in [-0.39, 0.29) is 23.7 Å². The van der Waals surface area contributed by atoms with Gasteiger partial charge in [0.2, 0.25) is 0 Å². The number of benzene rings is 1. The third kappa shape index (κ3) is 5.36. The van der Waals surface area contributed by atoms with Crippen molar-refractivity contribution in [3.8, 4) is 0 Å². The van der Waals surface area contributed by atoms with Crippen LogP contribution in [0.15, 0.2) is 42.1 Å². The fraction of sp³-hybridized carbons (Fsp3) is 0.412. The van der Waals surface area contributed by atoms with Crippen molar-refractivity contribution in [3.05, 3.63) is 47.7 Å². The molecule has 1 aliphatic heterocycles. The summed E-state index contributed by atoms with van der Waals surface area (Å²) in [4.78, 5) is 25.7. The quantitative estimate of drug-likeness (QED) is 0.866. The Hall–Kier alpha value is -1.83. The lowest BCUT2D eigenvalue weighted by atomic mass is 10.2. The van der Waals surface area contributed by atoms with Crippen LogP contribution in [-0.2, 0) is 16.1 Å². The summed E-state index contributed by atoms with van der Waals surface area (Å²) in [5.74, 6) is -0.840. The molecule has 1 aromatic carbocycles. The maximum absolute atomic E-state index is 12.6. The van der Waals surface area contributed by atoms with E-state index in [4.69, 9.17) is 4.74 Å². The number of amides is 1. The van der Waals surface area contributed by atoms with E-state index in [1.807, 2.05) is 30.3 Å². The highest BCUT2D eigenvalue weighted by Gasteiger charge is 2.32. The van der Waals surface area contributed by atoms with Crippen LogP contribution in [0.25, 0.3) is 0 Å². The third-order valence-electron chi connectivity index (χ3n) is 3.22. The van der Waals surface area contributed by atoms with Crippen LogP contribution in [0.1, 0.15) is 26.3 Å². The minimum Gasteiger partial charge on any atom is -0.443 e. The van der Waals surface area contributed by atoms with E-state index < -0.39 is 28.1 Å². The average molecular weight is 353 g/mol. The number of rotatable bonds is 3. The predicted molar refractivity (Wildman–Crippen MR) is 93.9 cm³/mol. The molecule has 1 aromatic rings. The number of carbonyl (C=O) groups excluding carboxylic acids is 2. The van der Waals surface area contributed by atoms with Gasteiger partial charge < -0.3 is 4.74 Å². The molecule has 1 heterocycles. The van der Waals surface area contributed by atoms with Crippen molar-refractivity contribution < 1.29 is 23.4 Å². The average Bonchev–Trinajstić information content (AvgIpc) is 2.41. The van der Waals surface area contributed by atoms with Crippen molar-refractivity contribution in [2.45, 2.75) is 32.9 Å². The third-order valence-corrected chi connectivity index (χ3v) is 4.73. The maximum Gasteiger partial charge on any atom is 0.414 e. The lowest BCUT2D eigenvalue weighted by molar-refractivity contribution is -0.112. The maximum atomic E-state index is 12.6. The molecule has 0 saturated heterocycles. The normalized spacial score (nSPS) is 18.5. The van der Waals surface area contributed by atoms with Crippen LogP contribution in [0, 0.1) is 0 Å². The molecule has 2 N–H and O–H groups in total. The van der Waals surface area contributed by atoms with Gasteiger partial charge in [-0.25, -0.2) is 4.79 Å². The molecule has 132 valence electrons. The zero-order valence-corrected chi connectivity index (χ0v) is 14.9. The summed E-state index contributed by atoms with van der Waals surface area (Å²) in [5.41, 5.74) is 0.413. The summed E-state index contributed by atoms with van der Waals surface area (Å²) in [6, 6.07) is 9.25. The number of hydrogen-bond donors (Lipinski definition) is 2. The largest absolute Gasteiger partial charge is 0.443 e. The molecule has 0 aliphatic carbocycles. The Morgan fingerprint density at radius 2 is 1.83 bits per heavy atom. The Kier molecular flexibility index (Phi) is 5.37. The fourth-order valence-electron chi connectivity index (χ4n) is 2.31. The van der Waals surface area contributed by atoms with Gasteiger partial charge in [0, 0.05) is 11.8 Å². The van der Waals surface area contributed by atoms with Crippen LogP contribution in [0.4, 0.5) is 4.79 Å². The summed E-state index contributed by atoms with van der Waals surface area (Å²) in [7, 11) is -3.06. The highest BCUT2D eigenvalue weighted by Crippen LogP contribution is 2.44. The van der Waals surface area contributed by atoms with Gasteiger partial charge in [0.15, 0.2) is 5.78 Å². The number of carbonyl (C=O) groups is 2. The minimum atomic E-state index is -3.06. The van der Waals surface area contributed by atoms with Gasteiger partial charge in [0.1, 0.15) is 11.4 Å². The van der Waals surface area contributed by atoms with Gasteiger partial charge in [-0.3, -0.25) is 18.8 Å². The van der Waals surface area contributed by atoms with Crippen LogP contribution < -0.4 is 0 Å². The summed E-state index contributed by atoms with van der Waals surface area (Å²) in [5, 5.41) is 0. The Morgan fingerprint density at radius 1 is 1.21 bits per heavy atom. The Bertz CT molecular complexity index is 649. The zero-order valence-electron chi connectivity index (χ0n) is 14.1. The van der Waals surface area contributed by atoms with E-state index >= 15 is 0 Å². The number of ether oxygens (including phenoxy) is 1. The van der Waals surface area contributed by atoms with Gasteiger partial charge in [-0.1, -0.05) is 30.3 Å². The van der Waals surface area contributed by atoms with Gasteiger partial charge >= 0.3 is 6.09 Å². The molecule has 0 radical (unpaired) electrons. The Morgan fingerprint density at radius 3 is 2.38 bits per heavy atom. The standard InChI is InChI=1S/C17H23NO5S/c1-17(2,3)23-16(20)18(10-13-7-5-4-6-8-13)14-9-15(19)12-24(21,22)11-14/h4-9,21-22H,10-12H2,1-3H3. The number of hydrogen-bond acceptors (Lipinski definition) is 5. The van der Waals surface area contributed by atoms with E-state index in [0.717, 1.165) is 5.56 Å². The van der Waals surface area contributed by atoms with Gasteiger partial charge in [-0.2, -0.15) is 10.6 Å². The van der Waals surface area contributed by atoms with E-state index in [2.05, 4.69) is 0 Å². The smallest absolute Gasteiger partial charge is 0.414 e. The van der Waals surface area contributed by atoms with Crippen molar-refractivity contribution in [2.24, 2.45) is 0 Å². The molecule has 0 aromatic heterocycles. The van der Waals surface area contributed by atoms with Crippen LogP contribution in [-0.4, -0.2) is 43.0 Å². The molecule has 1 amide bonds. The molecule has 0 fully saturated rings. The van der Waals surface area contributed by atoms with Crippen LogP contribution in [0.3, 0.4) is 0 Å². The lowest BCUT2D eigenvalue weighted by Gasteiger charge is -2.38. The highest BCUT2D eigenvalue weighted by molar-refractivity contribution is 8.25. The lowest BCUT2D eigenvalue weighted by Crippen LogP contribution is -2.39. The summed E-state index contributed by atoms with van der Waals surface area (Å²) in [6.45, 7) is 5.43. The first-order valence-electron chi connectivity index (χ1n) is 7.57. The van der Waals surface area contributed by atoms with E-state index in [9.17, 15) is 18.7 Å². The Labute approximate surface area is 143 Å². The van der Waals surface area contributed by atoms with E-state index in [1.165, 1.54) is 11.0 Å². The van der Waals surface area contributed by atoms with E-state index in [0.29, 0.717) is 0 Å². The molecule has 0 spiro atoms. The highest BCUT2D eigenvalue weighted by atomic mass is 32.3. The van der Waals surface area contributed by atoms with Crippen molar-refractivity contribution in [3.63, 3.8) is 0 Å². The van der Waals surface area contributed by atoms with Gasteiger partial charge in [-0.05, 0) is 26.3 Å². The van der Waals surface area contributed by atoms with Gasteiger partial charge in [-0.15, -0.1) is 0 Å². The molecule has 24 heavy (non-hydrogen) atoms. The first-order valence-corrected chi connectivity index (χ1v) is 9.46. The van der Waals surface area contributed by atoms with Gasteiger partial charge in [0.05, 0.1) is 12.3 Å². The second-order valence-corrected chi connectivity index (χ2v) is 8.93. The number of nitrogens with zero attached hydrogens (tertiary/aromatic N) is 1. The van der Waals surface area contributed by atoms with Crippen molar-refractivity contribution in [1.82, 2.24) is 4.90 Å². The SMILES string of the molecule is CC(C)(C)OC(=O)N(Cc1ccccc1)C1=CC(=O)CS(O)(O)C1. The molecule has 1 aliphatic rings. The number of ketones is 1. The summed E-state index contributed by atoms with van der Waals surface area (Å²) >= 11 is 0. The monoisotopic (exact) mass is 353 g/mol. The predicted octanol–water partition coefficient (Wildman–Crippen LogP) is 3.64. The van der Waals surface area contributed by atoms with Crippen LogP contribution in [0.5, 0.6) is 0 Å². The summed E-state index contributed by atoms with van der Waals surface area (Å²) in [6.07, 6.45) is 0.673. The molecule has 0 saturated carbocycles. The molecule has 6 nitrogen and oxygen atoms in total. The molecule has 0 bridgehead atoms. The topological polar surface area (TPSA) is 87.1 Å². The molecule has 0 atom stereocenters. The first kappa shape index (κ1) is 18.5. The van der Waals surface area contributed by atoms with Crippen molar-refractivity contribution >= 4 is 22.5 Å². The van der Waals surface area contributed by atoms with Crippen LogP contribution >= 0.6 is 10.6 Å². The molecule has 7 heteroatoms. The Balaban J connectivity index is 2.32. The summed E-state index contributed by atoms with van der Waals surface area (Å²) < 4.78 is 25.3. The fourth-order valence-corrected chi connectivity index (χ4v) is 3.66. The first-order chi connectivity index (χ1) is 11.1. The molecular formula is C17H23NO5S. The second-order valence-electron chi connectivity index (χ2n) is 6.74. The second kappa shape index (κ2) is 6.96. The van der Waals surface area contributed by atoms with Crippen molar-refractivity contribution in [1.29, 1.82) is 0 Å². The van der Waals surface area contributed by atoms with Crippen LogP contribution in [0.2, 0.25) is 0 Å². The zero-order chi connectivity index (χ0) is 18.0. The molecular weight excluding hydrogens is 330 g/mol.